The van der Waals surface area contributed by atoms with Gasteiger partial charge in [-0.25, -0.2) is 12.8 Å². The summed E-state index contributed by atoms with van der Waals surface area (Å²) in [6, 6.07) is 21.9. The van der Waals surface area contributed by atoms with E-state index >= 15 is 0 Å². The van der Waals surface area contributed by atoms with Crippen molar-refractivity contribution >= 4 is 15.9 Å². The van der Waals surface area contributed by atoms with Crippen molar-refractivity contribution in [1.82, 2.24) is 9.62 Å². The Bertz CT molecular complexity index is 1120. The van der Waals surface area contributed by atoms with Crippen LogP contribution in [0.1, 0.15) is 0 Å². The van der Waals surface area contributed by atoms with Crippen molar-refractivity contribution in [2.24, 2.45) is 0 Å². The number of amides is 1. The van der Waals surface area contributed by atoms with Gasteiger partial charge in [0.05, 0.1) is 18.0 Å². The summed E-state index contributed by atoms with van der Waals surface area (Å²) in [5.74, 6) is -0.305. The summed E-state index contributed by atoms with van der Waals surface area (Å²) in [6.45, 7) is 0.0801. The van der Waals surface area contributed by atoms with E-state index in [9.17, 15) is 17.6 Å². The van der Waals surface area contributed by atoms with Crippen molar-refractivity contribution in [1.29, 1.82) is 0 Å². The number of sulfonamides is 1. The third-order valence-corrected chi connectivity index (χ3v) is 6.36. The van der Waals surface area contributed by atoms with Gasteiger partial charge in [-0.1, -0.05) is 48.5 Å². The lowest BCUT2D eigenvalue weighted by atomic mass is 10.1. The molecular formula is C23H23FN2O4S. The monoisotopic (exact) mass is 442 g/mol. The van der Waals surface area contributed by atoms with Gasteiger partial charge in [0.15, 0.2) is 0 Å². The second kappa shape index (κ2) is 10.2. The number of halogens is 1. The van der Waals surface area contributed by atoms with Crippen LogP contribution in [0.4, 0.5) is 4.39 Å². The molecule has 3 aromatic carbocycles. The fraction of sp³-hybridized carbons (Fsp3) is 0.174. The van der Waals surface area contributed by atoms with Crippen molar-refractivity contribution in [2.45, 2.75) is 4.90 Å². The molecule has 162 valence electrons. The topological polar surface area (TPSA) is 75.7 Å². The average molecular weight is 443 g/mol. The number of ether oxygens (including phenoxy) is 1. The number of rotatable bonds is 9. The van der Waals surface area contributed by atoms with Crippen molar-refractivity contribution < 1.29 is 22.3 Å². The largest absolute Gasteiger partial charge is 0.491 e. The van der Waals surface area contributed by atoms with Crippen LogP contribution in [0.25, 0.3) is 11.1 Å². The molecule has 0 spiro atoms. The second-order valence-corrected chi connectivity index (χ2v) is 8.82. The summed E-state index contributed by atoms with van der Waals surface area (Å²) in [4.78, 5) is 12.1. The van der Waals surface area contributed by atoms with Crippen LogP contribution in [0.3, 0.4) is 0 Å². The number of nitrogens with one attached hydrogen (secondary N) is 1. The molecule has 0 aliphatic rings. The maximum atomic E-state index is 13.0. The molecule has 0 aliphatic carbocycles. The highest BCUT2D eigenvalue weighted by atomic mass is 32.2. The lowest BCUT2D eigenvalue weighted by Crippen LogP contribution is -2.39. The molecule has 0 bridgehead atoms. The molecule has 8 heteroatoms. The van der Waals surface area contributed by atoms with Crippen LogP contribution < -0.4 is 10.1 Å². The molecule has 31 heavy (non-hydrogen) atoms. The Hall–Kier alpha value is -3.23. The number of carbonyl (C=O) groups is 1. The zero-order valence-corrected chi connectivity index (χ0v) is 17.8. The Morgan fingerprint density at radius 2 is 1.61 bits per heavy atom. The van der Waals surface area contributed by atoms with Crippen LogP contribution in [0.2, 0.25) is 0 Å². The molecule has 0 radical (unpaired) electrons. The number of carbonyl (C=O) groups excluding carboxylic acids is 1. The molecule has 0 saturated carbocycles. The Morgan fingerprint density at radius 1 is 0.968 bits per heavy atom. The summed E-state index contributed by atoms with van der Waals surface area (Å²) < 4.78 is 44.7. The minimum atomic E-state index is -3.89. The zero-order valence-electron chi connectivity index (χ0n) is 17.0. The van der Waals surface area contributed by atoms with Crippen LogP contribution in [0, 0.1) is 5.82 Å². The molecule has 0 fully saturated rings. The van der Waals surface area contributed by atoms with Gasteiger partial charge in [-0.2, -0.15) is 4.31 Å². The fourth-order valence-electron chi connectivity index (χ4n) is 2.93. The van der Waals surface area contributed by atoms with Gasteiger partial charge in [-0.3, -0.25) is 4.79 Å². The molecule has 1 amide bonds. The van der Waals surface area contributed by atoms with Gasteiger partial charge in [-0.05, 0) is 35.9 Å². The average Bonchev–Trinajstić information content (AvgIpc) is 2.78. The van der Waals surface area contributed by atoms with Crippen molar-refractivity contribution in [3.8, 4) is 16.9 Å². The number of benzene rings is 3. The highest BCUT2D eigenvalue weighted by Gasteiger charge is 2.22. The maximum Gasteiger partial charge on any atom is 0.243 e. The van der Waals surface area contributed by atoms with Crippen LogP contribution in [0.5, 0.6) is 5.75 Å². The van der Waals surface area contributed by atoms with E-state index in [1.165, 1.54) is 7.05 Å². The third-order valence-electron chi connectivity index (χ3n) is 4.54. The zero-order chi connectivity index (χ0) is 22.3. The first kappa shape index (κ1) is 22.5. The normalized spacial score (nSPS) is 11.3. The molecule has 0 atom stereocenters. The van der Waals surface area contributed by atoms with Gasteiger partial charge < -0.3 is 10.1 Å². The number of nitrogens with zero attached hydrogens (tertiary/aromatic N) is 1. The van der Waals surface area contributed by atoms with E-state index in [0.29, 0.717) is 5.75 Å². The predicted molar refractivity (Wildman–Crippen MR) is 117 cm³/mol. The van der Waals surface area contributed by atoms with Crippen LogP contribution in [-0.4, -0.2) is 45.4 Å². The van der Waals surface area contributed by atoms with Gasteiger partial charge in [0.2, 0.25) is 15.9 Å². The van der Waals surface area contributed by atoms with E-state index in [0.717, 1.165) is 39.7 Å². The fourth-order valence-corrected chi connectivity index (χ4v) is 4.06. The summed E-state index contributed by atoms with van der Waals surface area (Å²) in [5.41, 5.74) is 1.97. The smallest absolute Gasteiger partial charge is 0.243 e. The second-order valence-electron chi connectivity index (χ2n) is 6.78. The van der Waals surface area contributed by atoms with Crippen molar-refractivity contribution in [3.63, 3.8) is 0 Å². The number of hydrogen-bond acceptors (Lipinski definition) is 4. The van der Waals surface area contributed by atoms with Crippen LogP contribution in [-0.2, 0) is 14.8 Å². The molecule has 0 unspecified atom stereocenters. The lowest BCUT2D eigenvalue weighted by molar-refractivity contribution is -0.121. The van der Waals surface area contributed by atoms with Gasteiger partial charge in [0.1, 0.15) is 18.2 Å². The standard InChI is InChI=1S/C23H23FN2O4S/c1-26(31(28,29)20-13-11-19(24)12-14-20)17-23(27)25-15-16-30-22-10-6-5-9-21(22)18-7-3-2-4-8-18/h2-14H,15-17H2,1H3,(H,25,27). The third kappa shape index (κ3) is 5.90. The lowest BCUT2D eigenvalue weighted by Gasteiger charge is -2.17. The first-order valence-electron chi connectivity index (χ1n) is 9.64. The first-order valence-corrected chi connectivity index (χ1v) is 11.1. The number of para-hydroxylation sites is 1. The molecule has 0 aromatic heterocycles. The summed E-state index contributed by atoms with van der Waals surface area (Å²) in [6.07, 6.45) is 0. The van der Waals surface area contributed by atoms with Crippen molar-refractivity contribution in [2.75, 3.05) is 26.7 Å². The molecule has 0 saturated heterocycles. The molecular weight excluding hydrogens is 419 g/mol. The minimum absolute atomic E-state index is 0.0787. The molecule has 0 aliphatic heterocycles. The van der Waals surface area contributed by atoms with E-state index in [4.69, 9.17) is 4.74 Å². The van der Waals surface area contributed by atoms with E-state index in [-0.39, 0.29) is 24.6 Å². The SMILES string of the molecule is CN(CC(=O)NCCOc1ccccc1-c1ccccc1)S(=O)(=O)c1ccc(F)cc1. The highest BCUT2D eigenvalue weighted by Crippen LogP contribution is 2.29. The molecule has 3 rings (SSSR count). The Labute approximate surface area is 181 Å². The quantitative estimate of drug-likeness (QED) is 0.516. The summed E-state index contributed by atoms with van der Waals surface area (Å²) >= 11 is 0. The van der Waals surface area contributed by atoms with Gasteiger partial charge >= 0.3 is 0 Å². The minimum Gasteiger partial charge on any atom is -0.491 e. The van der Waals surface area contributed by atoms with Gasteiger partial charge in [0, 0.05) is 12.6 Å². The van der Waals surface area contributed by atoms with Crippen LogP contribution in [0.15, 0.2) is 83.8 Å². The Kier molecular flexibility index (Phi) is 7.38. The van der Waals surface area contributed by atoms with Gasteiger partial charge in [0.25, 0.3) is 0 Å². The number of hydrogen-bond donors (Lipinski definition) is 1. The van der Waals surface area contributed by atoms with Crippen molar-refractivity contribution in [3.05, 3.63) is 84.7 Å². The number of likely N-dealkylation sites (N-methyl/N-ethyl adjacent to an activating group) is 1. The van der Waals surface area contributed by atoms with E-state index in [1.54, 1.807) is 0 Å². The Balaban J connectivity index is 1.51. The summed E-state index contributed by atoms with van der Waals surface area (Å²) in [5, 5.41) is 2.65. The Morgan fingerprint density at radius 3 is 2.32 bits per heavy atom. The van der Waals surface area contributed by atoms with Gasteiger partial charge in [-0.15, -0.1) is 0 Å². The van der Waals surface area contributed by atoms with Crippen LogP contribution >= 0.6 is 0 Å². The van der Waals surface area contributed by atoms with E-state index in [2.05, 4.69) is 5.32 Å². The highest BCUT2D eigenvalue weighted by molar-refractivity contribution is 7.89. The molecule has 1 N–H and O–H groups in total. The molecule has 0 heterocycles. The summed E-state index contributed by atoms with van der Waals surface area (Å²) in [7, 11) is -2.59. The molecule has 6 nitrogen and oxygen atoms in total. The van der Waals surface area contributed by atoms with E-state index in [1.807, 2.05) is 54.6 Å². The van der Waals surface area contributed by atoms with E-state index < -0.39 is 21.7 Å². The first-order chi connectivity index (χ1) is 14.9. The molecule has 3 aromatic rings. The maximum absolute atomic E-state index is 13.0. The predicted octanol–water partition coefficient (Wildman–Crippen LogP) is 3.31.